The summed E-state index contributed by atoms with van der Waals surface area (Å²) in [6.45, 7) is 8.75. The van der Waals surface area contributed by atoms with Gasteiger partial charge >= 0.3 is 0 Å². The van der Waals surface area contributed by atoms with Crippen LogP contribution in [-0.2, 0) is 4.79 Å². The fourth-order valence-electron chi connectivity index (χ4n) is 3.78. The van der Waals surface area contributed by atoms with Crippen LogP contribution in [0.25, 0.3) is 5.70 Å². The standard InChI is InChI=1S/C28H34N6O3/c1-19-18-23(10-13-25(19)28(36)32-15-7-5-6-14-30-21(3)35)33-27-26(29)34(17-16-31-27)20(2)22-8-11-24(37-4)12-9-22/h8-13,16-18,29H,2,5-7,14-15H2,1,3-4H3,(H,30,35)(H,31,33)(H,32,36). The van der Waals surface area contributed by atoms with Crippen LogP contribution in [-0.4, -0.2) is 41.6 Å². The van der Waals surface area contributed by atoms with Gasteiger partial charge in [-0.1, -0.05) is 6.58 Å². The molecule has 4 N–H and O–H groups in total. The van der Waals surface area contributed by atoms with Gasteiger partial charge in [-0.25, -0.2) is 4.98 Å². The summed E-state index contributed by atoms with van der Waals surface area (Å²) in [7, 11) is 1.61. The highest BCUT2D eigenvalue weighted by atomic mass is 16.5. The van der Waals surface area contributed by atoms with Gasteiger partial charge in [-0.05, 0) is 79.8 Å². The molecule has 37 heavy (non-hydrogen) atoms. The Labute approximate surface area is 217 Å². The van der Waals surface area contributed by atoms with Crippen molar-refractivity contribution in [2.75, 3.05) is 25.5 Å². The summed E-state index contributed by atoms with van der Waals surface area (Å²) in [6.07, 6.45) is 5.96. The second kappa shape index (κ2) is 13.1. The van der Waals surface area contributed by atoms with Gasteiger partial charge in [0.05, 0.1) is 7.11 Å². The number of unbranched alkanes of at least 4 members (excludes halogenated alkanes) is 2. The van der Waals surface area contributed by atoms with E-state index in [1.807, 2.05) is 37.3 Å². The molecule has 2 amide bonds. The Balaban J connectivity index is 1.61. The number of nitrogens with zero attached hydrogens (tertiary/aromatic N) is 2. The molecule has 3 rings (SSSR count). The van der Waals surface area contributed by atoms with Gasteiger partial charge < -0.3 is 20.7 Å². The molecular formula is C28H34N6O3. The average molecular weight is 503 g/mol. The molecule has 0 aliphatic rings. The van der Waals surface area contributed by atoms with Crippen molar-refractivity contribution >= 4 is 29.0 Å². The number of carbonyl (C=O) groups is 2. The number of amides is 2. The number of nitrogens with one attached hydrogen (secondary N) is 4. The molecule has 0 saturated carbocycles. The van der Waals surface area contributed by atoms with E-state index in [1.165, 1.54) is 6.92 Å². The van der Waals surface area contributed by atoms with Crippen molar-refractivity contribution in [1.82, 2.24) is 20.2 Å². The number of methoxy groups -OCH3 is 1. The highest BCUT2D eigenvalue weighted by Gasteiger charge is 2.11. The Morgan fingerprint density at radius 1 is 1.05 bits per heavy atom. The van der Waals surface area contributed by atoms with Crippen molar-refractivity contribution in [3.05, 3.63) is 83.6 Å². The molecule has 1 aromatic heterocycles. The summed E-state index contributed by atoms with van der Waals surface area (Å²) in [5.41, 5.74) is 3.78. The molecule has 0 radical (unpaired) electrons. The largest absolute Gasteiger partial charge is 0.497 e. The van der Waals surface area contributed by atoms with E-state index in [2.05, 4.69) is 27.5 Å². The van der Waals surface area contributed by atoms with Gasteiger partial charge in [-0.3, -0.25) is 19.6 Å². The predicted octanol–water partition coefficient (Wildman–Crippen LogP) is 3.98. The summed E-state index contributed by atoms with van der Waals surface area (Å²) in [6, 6.07) is 12.9. The van der Waals surface area contributed by atoms with Gasteiger partial charge in [0.15, 0.2) is 11.3 Å². The smallest absolute Gasteiger partial charge is 0.251 e. The van der Waals surface area contributed by atoms with Crippen LogP contribution in [0.4, 0.5) is 11.5 Å². The normalized spacial score (nSPS) is 10.5. The third-order valence-corrected chi connectivity index (χ3v) is 5.85. The van der Waals surface area contributed by atoms with Crippen LogP contribution in [0.3, 0.4) is 0 Å². The molecule has 0 aliphatic heterocycles. The van der Waals surface area contributed by atoms with Crippen LogP contribution >= 0.6 is 0 Å². The molecule has 2 aromatic carbocycles. The van der Waals surface area contributed by atoms with Crippen LogP contribution in [0.2, 0.25) is 0 Å². The van der Waals surface area contributed by atoms with E-state index in [0.717, 1.165) is 41.8 Å². The van der Waals surface area contributed by atoms with E-state index in [9.17, 15) is 9.59 Å². The lowest BCUT2D eigenvalue weighted by atomic mass is 10.1. The highest BCUT2D eigenvalue weighted by Crippen LogP contribution is 2.20. The lowest BCUT2D eigenvalue weighted by Crippen LogP contribution is -2.26. The van der Waals surface area contributed by atoms with Gasteiger partial charge in [0.1, 0.15) is 5.75 Å². The second-order valence-electron chi connectivity index (χ2n) is 8.62. The van der Waals surface area contributed by atoms with Crippen molar-refractivity contribution in [1.29, 1.82) is 5.41 Å². The Bertz CT molecular complexity index is 1310. The van der Waals surface area contributed by atoms with Crippen molar-refractivity contribution in [2.45, 2.75) is 33.1 Å². The molecule has 9 nitrogen and oxygen atoms in total. The first-order valence-corrected chi connectivity index (χ1v) is 12.2. The average Bonchev–Trinajstić information content (AvgIpc) is 2.89. The zero-order valence-electron chi connectivity index (χ0n) is 21.6. The third kappa shape index (κ3) is 7.54. The molecule has 0 saturated heterocycles. The topological polar surface area (TPSA) is 121 Å². The zero-order valence-corrected chi connectivity index (χ0v) is 21.6. The summed E-state index contributed by atoms with van der Waals surface area (Å²) >= 11 is 0. The molecular weight excluding hydrogens is 468 g/mol. The van der Waals surface area contributed by atoms with E-state index in [0.29, 0.717) is 30.2 Å². The van der Waals surface area contributed by atoms with E-state index in [-0.39, 0.29) is 17.3 Å². The molecule has 9 heteroatoms. The van der Waals surface area contributed by atoms with Crippen molar-refractivity contribution in [3.8, 4) is 5.75 Å². The minimum Gasteiger partial charge on any atom is -0.497 e. The molecule has 3 aromatic rings. The minimum atomic E-state index is -0.126. The summed E-state index contributed by atoms with van der Waals surface area (Å²) in [5.74, 6) is 0.962. The Morgan fingerprint density at radius 2 is 1.76 bits per heavy atom. The van der Waals surface area contributed by atoms with E-state index < -0.39 is 0 Å². The molecule has 0 aliphatic carbocycles. The SMILES string of the molecule is C=C(c1ccc(OC)cc1)n1ccnc(Nc2ccc(C(=O)NCCCCCNC(C)=O)c(C)c2)c1=N. The van der Waals surface area contributed by atoms with Crippen LogP contribution in [0.15, 0.2) is 61.4 Å². The third-order valence-electron chi connectivity index (χ3n) is 5.85. The number of anilines is 2. The molecule has 0 fully saturated rings. The van der Waals surface area contributed by atoms with Crippen LogP contribution in [0, 0.1) is 12.3 Å². The number of carbonyl (C=O) groups excluding carboxylic acids is 2. The number of aryl methyl sites for hydroxylation is 1. The Kier molecular flexibility index (Phi) is 9.60. The van der Waals surface area contributed by atoms with Gasteiger partial charge in [-0.2, -0.15) is 0 Å². The van der Waals surface area contributed by atoms with Crippen molar-refractivity contribution < 1.29 is 14.3 Å². The molecule has 0 spiro atoms. The summed E-state index contributed by atoms with van der Waals surface area (Å²) in [5, 5.41) is 17.5. The summed E-state index contributed by atoms with van der Waals surface area (Å²) < 4.78 is 6.87. The van der Waals surface area contributed by atoms with Crippen LogP contribution in [0.1, 0.15) is 47.7 Å². The van der Waals surface area contributed by atoms with Gasteiger partial charge in [-0.15, -0.1) is 0 Å². The first-order valence-electron chi connectivity index (χ1n) is 12.2. The molecule has 0 atom stereocenters. The summed E-state index contributed by atoms with van der Waals surface area (Å²) in [4.78, 5) is 27.8. The quantitative estimate of drug-likeness (QED) is 0.279. The van der Waals surface area contributed by atoms with Crippen LogP contribution in [0.5, 0.6) is 5.75 Å². The lowest BCUT2D eigenvalue weighted by molar-refractivity contribution is -0.118. The number of aromatic nitrogens is 2. The monoisotopic (exact) mass is 502 g/mol. The van der Waals surface area contributed by atoms with Crippen molar-refractivity contribution in [2.24, 2.45) is 0 Å². The lowest BCUT2D eigenvalue weighted by Gasteiger charge is -2.14. The molecule has 194 valence electrons. The second-order valence-corrected chi connectivity index (χ2v) is 8.62. The van der Waals surface area contributed by atoms with E-state index in [1.54, 1.807) is 36.2 Å². The fraction of sp³-hybridized carbons (Fsp3) is 0.286. The van der Waals surface area contributed by atoms with E-state index >= 15 is 0 Å². The number of hydrogen-bond donors (Lipinski definition) is 4. The number of hydrogen-bond acceptors (Lipinski definition) is 6. The molecule has 0 unspecified atom stereocenters. The van der Waals surface area contributed by atoms with Gasteiger partial charge in [0.2, 0.25) is 5.91 Å². The molecule has 0 bridgehead atoms. The van der Waals surface area contributed by atoms with E-state index in [4.69, 9.17) is 10.1 Å². The Morgan fingerprint density at radius 3 is 2.41 bits per heavy atom. The van der Waals surface area contributed by atoms with Gasteiger partial charge in [0, 0.05) is 49.4 Å². The maximum absolute atomic E-state index is 12.6. The first kappa shape index (κ1) is 27.2. The Hall–Kier alpha value is -4.40. The van der Waals surface area contributed by atoms with Crippen molar-refractivity contribution in [3.63, 3.8) is 0 Å². The maximum atomic E-state index is 12.6. The van der Waals surface area contributed by atoms with Gasteiger partial charge in [0.25, 0.3) is 5.91 Å². The number of rotatable bonds is 12. The number of ether oxygens (including phenoxy) is 1. The zero-order chi connectivity index (χ0) is 26.8. The highest BCUT2D eigenvalue weighted by molar-refractivity contribution is 5.96. The maximum Gasteiger partial charge on any atom is 0.251 e. The predicted molar refractivity (Wildman–Crippen MR) is 145 cm³/mol. The number of benzene rings is 2. The minimum absolute atomic E-state index is 0.0260. The molecule has 1 heterocycles. The fourth-order valence-corrected chi connectivity index (χ4v) is 3.78. The van der Waals surface area contributed by atoms with Crippen LogP contribution < -0.4 is 26.2 Å². The first-order chi connectivity index (χ1) is 17.8.